The number of esters is 1. The fourth-order valence-corrected chi connectivity index (χ4v) is 2.18. The molecule has 0 radical (unpaired) electrons. The van der Waals surface area contributed by atoms with Gasteiger partial charge in [-0.25, -0.2) is 9.59 Å². The minimum Gasteiger partial charge on any atom is -0.472 e. The zero-order valence-corrected chi connectivity index (χ0v) is 14.4. The third-order valence-electron chi connectivity index (χ3n) is 3.42. The quantitative estimate of drug-likeness (QED) is 0.341. The van der Waals surface area contributed by atoms with E-state index in [0.29, 0.717) is 10.9 Å². The Hall–Kier alpha value is -2.90. The van der Waals surface area contributed by atoms with Crippen LogP contribution in [0.15, 0.2) is 27.4 Å². The smallest absolute Gasteiger partial charge is 0.347 e. The van der Waals surface area contributed by atoms with E-state index in [0.717, 1.165) is 0 Å². The molecule has 0 aliphatic carbocycles. The fourth-order valence-electron chi connectivity index (χ4n) is 2.18. The van der Waals surface area contributed by atoms with Gasteiger partial charge in [-0.3, -0.25) is 10.1 Å². The van der Waals surface area contributed by atoms with Crippen molar-refractivity contribution in [1.29, 1.82) is 0 Å². The maximum atomic E-state index is 11.9. The van der Waals surface area contributed by atoms with Crippen molar-refractivity contribution in [3.05, 3.63) is 44.3 Å². The van der Waals surface area contributed by atoms with Crippen LogP contribution < -0.4 is 10.4 Å². The molecule has 0 bridgehead atoms. The molecule has 0 saturated carbocycles. The van der Waals surface area contributed by atoms with E-state index in [2.05, 4.69) is 0 Å². The zero-order valence-electron chi connectivity index (χ0n) is 14.4. The highest BCUT2D eigenvalue weighted by molar-refractivity contribution is 5.85. The monoisotopic (exact) mass is 349 g/mol. The maximum Gasteiger partial charge on any atom is 0.347 e. The van der Waals surface area contributed by atoms with E-state index in [9.17, 15) is 19.7 Å². The molecule has 0 spiro atoms. The van der Waals surface area contributed by atoms with Gasteiger partial charge in [-0.2, -0.15) is 0 Å². The van der Waals surface area contributed by atoms with Crippen LogP contribution in [0.2, 0.25) is 0 Å². The topological polar surface area (TPSA) is 109 Å². The molecule has 8 nitrogen and oxygen atoms in total. The van der Waals surface area contributed by atoms with Crippen molar-refractivity contribution in [3.8, 4) is 5.75 Å². The molecule has 0 fully saturated rings. The van der Waals surface area contributed by atoms with Crippen LogP contribution in [0.5, 0.6) is 5.75 Å². The number of nitro benzene ring substituents is 1. The Bertz CT molecular complexity index is 869. The van der Waals surface area contributed by atoms with Crippen molar-refractivity contribution in [2.24, 2.45) is 5.92 Å². The number of hydrogen-bond donors (Lipinski definition) is 0. The van der Waals surface area contributed by atoms with Gasteiger partial charge in [0.2, 0.25) is 5.75 Å². The molecule has 0 saturated heterocycles. The Morgan fingerprint density at radius 1 is 1.28 bits per heavy atom. The predicted octanol–water partition coefficient (Wildman–Crippen LogP) is 2.98. The van der Waals surface area contributed by atoms with Crippen LogP contribution in [-0.2, 0) is 9.53 Å². The molecule has 1 aromatic heterocycles. The molecule has 2 rings (SSSR count). The molecule has 134 valence electrons. The second-order valence-corrected chi connectivity index (χ2v) is 6.11. The molecule has 1 unspecified atom stereocenters. The lowest BCUT2D eigenvalue weighted by Crippen LogP contribution is -2.27. The number of carbonyl (C=O) groups is 1. The van der Waals surface area contributed by atoms with E-state index in [1.807, 2.05) is 13.8 Å². The average Bonchev–Trinajstić information content (AvgIpc) is 2.51. The summed E-state index contributed by atoms with van der Waals surface area (Å²) in [6.45, 7) is 7.08. The summed E-state index contributed by atoms with van der Waals surface area (Å²) in [7, 11) is 0. The molecule has 25 heavy (non-hydrogen) atoms. The van der Waals surface area contributed by atoms with Gasteiger partial charge in [0.25, 0.3) is 0 Å². The number of nitrogens with zero attached hydrogens (tertiary/aromatic N) is 1. The predicted molar refractivity (Wildman–Crippen MR) is 89.8 cm³/mol. The maximum absolute atomic E-state index is 11.9. The van der Waals surface area contributed by atoms with Gasteiger partial charge >= 0.3 is 17.3 Å². The highest BCUT2D eigenvalue weighted by Crippen LogP contribution is 2.33. The van der Waals surface area contributed by atoms with Crippen LogP contribution in [0.1, 0.15) is 26.3 Å². The van der Waals surface area contributed by atoms with Crippen LogP contribution >= 0.6 is 0 Å². The number of hydrogen-bond acceptors (Lipinski definition) is 7. The lowest BCUT2D eigenvalue weighted by molar-refractivity contribution is -0.385. The van der Waals surface area contributed by atoms with Gasteiger partial charge in [-0.05, 0) is 25.3 Å². The molecular formula is C17H19NO7. The molecule has 1 aromatic carbocycles. The minimum absolute atomic E-state index is 0.147. The Balaban J connectivity index is 2.39. The third-order valence-corrected chi connectivity index (χ3v) is 3.42. The summed E-state index contributed by atoms with van der Waals surface area (Å²) in [5.41, 5.74) is -0.208. The Morgan fingerprint density at radius 3 is 2.56 bits per heavy atom. The third kappa shape index (κ3) is 4.34. The summed E-state index contributed by atoms with van der Waals surface area (Å²) in [6, 6.07) is 3.75. The first-order valence-corrected chi connectivity index (χ1v) is 7.75. The molecule has 0 aliphatic heterocycles. The first-order chi connectivity index (χ1) is 11.7. The average molecular weight is 349 g/mol. The second-order valence-electron chi connectivity index (χ2n) is 6.11. The molecule has 2 aromatic rings. The molecule has 1 heterocycles. The summed E-state index contributed by atoms with van der Waals surface area (Å²) in [5.74, 6) is -0.641. The normalized spacial score (nSPS) is 12.2. The van der Waals surface area contributed by atoms with E-state index in [4.69, 9.17) is 13.9 Å². The number of nitro groups is 1. The minimum atomic E-state index is -1.05. The number of carbonyl (C=O) groups excluding carboxylic acids is 1. The summed E-state index contributed by atoms with van der Waals surface area (Å²) in [4.78, 5) is 34.1. The molecule has 1 atom stereocenters. The standard InChI is InChI=1S/C17H19NO7/c1-9(2)8-23-17(20)11(4)24-15-7-14-12(6-13(15)18(21)22)10(3)5-16(19)25-14/h5-7,9,11H,8H2,1-4H3. The van der Waals surface area contributed by atoms with Crippen molar-refractivity contribution < 1.29 is 23.6 Å². The van der Waals surface area contributed by atoms with Crippen LogP contribution in [0.3, 0.4) is 0 Å². The second kappa shape index (κ2) is 7.33. The largest absolute Gasteiger partial charge is 0.472 e. The lowest BCUT2D eigenvalue weighted by atomic mass is 10.1. The lowest BCUT2D eigenvalue weighted by Gasteiger charge is -2.15. The number of rotatable bonds is 6. The van der Waals surface area contributed by atoms with Gasteiger partial charge in [0.1, 0.15) is 5.58 Å². The van der Waals surface area contributed by atoms with Crippen LogP contribution in [0, 0.1) is 23.0 Å². The van der Waals surface area contributed by atoms with E-state index in [-0.39, 0.29) is 29.5 Å². The van der Waals surface area contributed by atoms with E-state index < -0.39 is 22.6 Å². The van der Waals surface area contributed by atoms with Gasteiger partial charge < -0.3 is 13.9 Å². The number of benzene rings is 1. The molecular weight excluding hydrogens is 330 g/mol. The van der Waals surface area contributed by atoms with Gasteiger partial charge in [0, 0.05) is 23.6 Å². The number of aryl methyl sites for hydroxylation is 1. The summed E-state index contributed by atoms with van der Waals surface area (Å²) < 4.78 is 15.5. The molecule has 0 amide bonds. The highest BCUT2D eigenvalue weighted by atomic mass is 16.6. The Labute approximate surface area is 143 Å². The molecule has 0 aliphatic rings. The zero-order chi connectivity index (χ0) is 18.7. The summed E-state index contributed by atoms with van der Waals surface area (Å²) in [5, 5.41) is 11.8. The Morgan fingerprint density at radius 2 is 1.96 bits per heavy atom. The summed E-state index contributed by atoms with van der Waals surface area (Å²) in [6.07, 6.45) is -1.05. The van der Waals surface area contributed by atoms with Crippen LogP contribution in [-0.4, -0.2) is 23.6 Å². The fraction of sp³-hybridized carbons (Fsp3) is 0.412. The summed E-state index contributed by atoms with van der Waals surface area (Å²) >= 11 is 0. The van der Waals surface area contributed by atoms with Gasteiger partial charge in [0.15, 0.2) is 6.10 Å². The first kappa shape index (κ1) is 18.4. The number of ether oxygens (including phenoxy) is 2. The van der Waals surface area contributed by atoms with Crippen LogP contribution in [0.25, 0.3) is 11.0 Å². The Kier molecular flexibility index (Phi) is 5.41. The van der Waals surface area contributed by atoms with Crippen molar-refractivity contribution in [1.82, 2.24) is 0 Å². The van der Waals surface area contributed by atoms with Crippen molar-refractivity contribution in [2.75, 3.05) is 6.61 Å². The van der Waals surface area contributed by atoms with Gasteiger partial charge in [-0.1, -0.05) is 13.8 Å². The molecule has 0 N–H and O–H groups in total. The van der Waals surface area contributed by atoms with Crippen LogP contribution in [0.4, 0.5) is 5.69 Å². The van der Waals surface area contributed by atoms with Gasteiger partial charge in [-0.15, -0.1) is 0 Å². The number of fused-ring (bicyclic) bond motifs is 1. The van der Waals surface area contributed by atoms with Crippen molar-refractivity contribution >= 4 is 22.6 Å². The van der Waals surface area contributed by atoms with Crippen molar-refractivity contribution in [3.63, 3.8) is 0 Å². The van der Waals surface area contributed by atoms with E-state index in [1.54, 1.807) is 6.92 Å². The van der Waals surface area contributed by atoms with E-state index >= 15 is 0 Å². The first-order valence-electron chi connectivity index (χ1n) is 7.75. The highest BCUT2D eigenvalue weighted by Gasteiger charge is 2.24. The van der Waals surface area contributed by atoms with Gasteiger partial charge in [0.05, 0.1) is 11.5 Å². The SMILES string of the molecule is Cc1cc(=O)oc2cc(OC(C)C(=O)OCC(C)C)c([N+](=O)[O-])cc12. The van der Waals surface area contributed by atoms with Crippen molar-refractivity contribution in [2.45, 2.75) is 33.8 Å². The molecule has 8 heteroatoms. The van der Waals surface area contributed by atoms with E-state index in [1.165, 1.54) is 25.1 Å².